The molecule has 15 heavy (non-hydrogen) atoms. The third-order valence-corrected chi connectivity index (χ3v) is 3.12. The van der Waals surface area contributed by atoms with Crippen molar-refractivity contribution in [1.29, 1.82) is 0 Å². The van der Waals surface area contributed by atoms with Crippen LogP contribution in [0.2, 0.25) is 0 Å². The van der Waals surface area contributed by atoms with Gasteiger partial charge in [0, 0.05) is 7.05 Å². The van der Waals surface area contributed by atoms with Crippen molar-refractivity contribution in [3.63, 3.8) is 0 Å². The Bertz CT molecular complexity index is 363. The number of thioether (sulfide) groups is 1. The Kier molecular flexibility index (Phi) is 4.50. The third kappa shape index (κ3) is 3.84. The molecule has 0 radical (unpaired) electrons. The molecule has 0 aromatic heterocycles. The first-order chi connectivity index (χ1) is 7.13. The number of rotatable bonds is 4. The molecule has 2 heteroatoms. The first-order valence-corrected chi connectivity index (χ1v) is 5.78. The van der Waals surface area contributed by atoms with Crippen LogP contribution in [0, 0.1) is 6.92 Å². The topological polar surface area (TPSA) is 12.0 Å². The van der Waals surface area contributed by atoms with Gasteiger partial charge in [0.2, 0.25) is 0 Å². The largest absolute Gasteiger partial charge is 0.383 e. The standard InChI is InChI=1S/C13H17NS/c1-10-5-7-13(8-6-10)11(2)9-15-12(3)14-4/h5-9,14H,3H2,1-2,4H3/b11-9+. The highest BCUT2D eigenvalue weighted by Crippen LogP contribution is 2.21. The Hall–Kier alpha value is -1.15. The van der Waals surface area contributed by atoms with Crippen LogP contribution in [0.1, 0.15) is 18.1 Å². The highest BCUT2D eigenvalue weighted by atomic mass is 32.2. The minimum atomic E-state index is 0.960. The molecule has 0 saturated heterocycles. The van der Waals surface area contributed by atoms with Crippen molar-refractivity contribution in [2.24, 2.45) is 0 Å². The van der Waals surface area contributed by atoms with Gasteiger partial charge in [-0.25, -0.2) is 0 Å². The van der Waals surface area contributed by atoms with Gasteiger partial charge in [0.25, 0.3) is 0 Å². The molecule has 1 nitrogen and oxygen atoms in total. The summed E-state index contributed by atoms with van der Waals surface area (Å²) in [6.07, 6.45) is 0. The summed E-state index contributed by atoms with van der Waals surface area (Å²) in [6, 6.07) is 8.54. The fourth-order valence-electron chi connectivity index (χ4n) is 1.10. The van der Waals surface area contributed by atoms with Crippen LogP contribution in [0.5, 0.6) is 0 Å². The van der Waals surface area contributed by atoms with Crippen LogP contribution in [0.3, 0.4) is 0 Å². The first kappa shape index (κ1) is 11.9. The molecular weight excluding hydrogens is 202 g/mol. The van der Waals surface area contributed by atoms with Crippen molar-refractivity contribution in [1.82, 2.24) is 5.32 Å². The Morgan fingerprint density at radius 1 is 1.33 bits per heavy atom. The second-order valence-corrected chi connectivity index (χ2v) is 4.42. The van der Waals surface area contributed by atoms with E-state index in [4.69, 9.17) is 0 Å². The summed E-state index contributed by atoms with van der Waals surface area (Å²) in [5.74, 6) is 0. The van der Waals surface area contributed by atoms with Crippen LogP contribution < -0.4 is 5.32 Å². The predicted octanol–water partition coefficient (Wildman–Crippen LogP) is 3.78. The molecule has 1 N–H and O–H groups in total. The molecule has 0 bridgehead atoms. The second kappa shape index (κ2) is 5.66. The van der Waals surface area contributed by atoms with E-state index < -0.39 is 0 Å². The molecule has 1 aromatic rings. The van der Waals surface area contributed by atoms with Gasteiger partial charge in [-0.05, 0) is 30.4 Å². The maximum Gasteiger partial charge on any atom is 0.0648 e. The molecule has 0 amide bonds. The summed E-state index contributed by atoms with van der Waals surface area (Å²) in [7, 11) is 1.88. The van der Waals surface area contributed by atoms with Gasteiger partial charge in [0.05, 0.1) is 5.03 Å². The normalized spacial score (nSPS) is 11.3. The average Bonchev–Trinajstić information content (AvgIpc) is 2.26. The fourth-order valence-corrected chi connectivity index (χ4v) is 1.68. The molecule has 0 spiro atoms. The lowest BCUT2D eigenvalue weighted by molar-refractivity contribution is 1.09. The van der Waals surface area contributed by atoms with Gasteiger partial charge in [-0.1, -0.05) is 48.2 Å². The van der Waals surface area contributed by atoms with Gasteiger partial charge in [-0.2, -0.15) is 0 Å². The van der Waals surface area contributed by atoms with Gasteiger partial charge >= 0.3 is 0 Å². The van der Waals surface area contributed by atoms with Gasteiger partial charge in [-0.15, -0.1) is 0 Å². The van der Waals surface area contributed by atoms with Crippen LogP contribution in [0.25, 0.3) is 5.57 Å². The molecule has 0 aliphatic heterocycles. The lowest BCUT2D eigenvalue weighted by atomic mass is 10.1. The van der Waals surface area contributed by atoms with Crippen molar-refractivity contribution in [2.45, 2.75) is 13.8 Å². The van der Waals surface area contributed by atoms with Crippen LogP contribution >= 0.6 is 11.8 Å². The van der Waals surface area contributed by atoms with Crippen LogP contribution in [0.15, 0.2) is 41.3 Å². The van der Waals surface area contributed by atoms with E-state index in [9.17, 15) is 0 Å². The van der Waals surface area contributed by atoms with Gasteiger partial charge in [0.15, 0.2) is 0 Å². The Morgan fingerprint density at radius 2 is 1.93 bits per heavy atom. The van der Waals surface area contributed by atoms with Crippen LogP contribution in [-0.4, -0.2) is 7.05 Å². The molecule has 80 valence electrons. The van der Waals surface area contributed by atoms with E-state index in [0.29, 0.717) is 0 Å². The lowest BCUT2D eigenvalue weighted by Gasteiger charge is -2.03. The van der Waals surface area contributed by atoms with E-state index in [2.05, 4.69) is 55.4 Å². The molecule has 0 unspecified atom stereocenters. The molecule has 0 atom stereocenters. The summed E-state index contributed by atoms with van der Waals surface area (Å²) in [6.45, 7) is 8.07. The van der Waals surface area contributed by atoms with Crippen molar-refractivity contribution in [2.75, 3.05) is 7.05 Å². The molecule has 0 heterocycles. The van der Waals surface area contributed by atoms with Gasteiger partial charge in [-0.3, -0.25) is 0 Å². The minimum absolute atomic E-state index is 0.960. The fraction of sp³-hybridized carbons (Fsp3) is 0.231. The van der Waals surface area contributed by atoms with E-state index in [-0.39, 0.29) is 0 Å². The van der Waals surface area contributed by atoms with E-state index in [1.807, 2.05) is 7.05 Å². The van der Waals surface area contributed by atoms with Gasteiger partial charge in [0.1, 0.15) is 0 Å². The highest BCUT2D eigenvalue weighted by molar-refractivity contribution is 8.05. The molecule has 0 aliphatic rings. The quantitative estimate of drug-likeness (QED) is 0.827. The van der Waals surface area contributed by atoms with Gasteiger partial charge < -0.3 is 5.32 Å². The Labute approximate surface area is 96.3 Å². The van der Waals surface area contributed by atoms with Crippen molar-refractivity contribution in [3.8, 4) is 0 Å². The summed E-state index contributed by atoms with van der Waals surface area (Å²) in [5.41, 5.74) is 3.81. The predicted molar refractivity (Wildman–Crippen MR) is 70.6 cm³/mol. The smallest absolute Gasteiger partial charge is 0.0648 e. The number of benzene rings is 1. The Morgan fingerprint density at radius 3 is 2.47 bits per heavy atom. The Balaban J connectivity index is 2.71. The summed E-state index contributed by atoms with van der Waals surface area (Å²) < 4.78 is 0. The van der Waals surface area contributed by atoms with E-state index in [1.54, 1.807) is 11.8 Å². The zero-order valence-corrected chi connectivity index (χ0v) is 10.3. The summed E-state index contributed by atoms with van der Waals surface area (Å²) in [5, 5.41) is 6.08. The molecule has 1 aromatic carbocycles. The van der Waals surface area contributed by atoms with Crippen LogP contribution in [0.4, 0.5) is 0 Å². The number of hydrogen-bond acceptors (Lipinski definition) is 2. The monoisotopic (exact) mass is 219 g/mol. The summed E-state index contributed by atoms with van der Waals surface area (Å²) >= 11 is 1.62. The number of allylic oxidation sites excluding steroid dienone is 1. The molecule has 0 fully saturated rings. The van der Waals surface area contributed by atoms with Crippen molar-refractivity contribution in [3.05, 3.63) is 52.4 Å². The lowest BCUT2D eigenvalue weighted by Crippen LogP contribution is -1.98. The third-order valence-electron chi connectivity index (χ3n) is 2.16. The summed E-state index contributed by atoms with van der Waals surface area (Å²) in [4.78, 5) is 0. The molecule has 0 aliphatic carbocycles. The highest BCUT2D eigenvalue weighted by Gasteiger charge is 1.95. The van der Waals surface area contributed by atoms with Crippen LogP contribution in [-0.2, 0) is 0 Å². The number of hydrogen-bond donors (Lipinski definition) is 1. The van der Waals surface area contributed by atoms with Crippen molar-refractivity contribution < 1.29 is 0 Å². The second-order valence-electron chi connectivity index (χ2n) is 3.46. The number of nitrogens with one attached hydrogen (secondary N) is 1. The zero-order chi connectivity index (χ0) is 11.3. The zero-order valence-electron chi connectivity index (χ0n) is 9.50. The van der Waals surface area contributed by atoms with E-state index >= 15 is 0 Å². The first-order valence-electron chi connectivity index (χ1n) is 4.90. The minimum Gasteiger partial charge on any atom is -0.383 e. The van der Waals surface area contributed by atoms with E-state index in [0.717, 1.165) is 5.03 Å². The van der Waals surface area contributed by atoms with E-state index in [1.165, 1.54) is 16.7 Å². The maximum atomic E-state index is 3.86. The molecular formula is C13H17NS. The molecule has 1 rings (SSSR count). The maximum absolute atomic E-state index is 3.86. The average molecular weight is 219 g/mol. The SMILES string of the molecule is C=C(NC)S/C=C(\C)c1ccc(C)cc1. The molecule has 0 saturated carbocycles. The van der Waals surface area contributed by atoms with Crippen molar-refractivity contribution >= 4 is 17.3 Å². The number of aryl methyl sites for hydroxylation is 1.